The number of amides is 1. The quantitative estimate of drug-likeness (QED) is 0.490. The van der Waals surface area contributed by atoms with Crippen LogP contribution in [0.5, 0.6) is 0 Å². The Balaban J connectivity index is 1.49. The highest BCUT2D eigenvalue weighted by Crippen LogP contribution is 2.21. The minimum atomic E-state index is -0.120. The van der Waals surface area contributed by atoms with Gasteiger partial charge in [0.2, 0.25) is 5.91 Å². The van der Waals surface area contributed by atoms with Gasteiger partial charge in [-0.15, -0.1) is 0 Å². The monoisotopic (exact) mass is 395 g/mol. The van der Waals surface area contributed by atoms with Crippen molar-refractivity contribution in [2.45, 2.75) is 32.1 Å². The summed E-state index contributed by atoms with van der Waals surface area (Å²) in [5, 5.41) is 3.62. The number of H-pyrrole nitrogens is 1. The third kappa shape index (κ3) is 3.31. The zero-order valence-corrected chi connectivity index (χ0v) is 16.5. The van der Waals surface area contributed by atoms with Gasteiger partial charge in [-0.25, -0.2) is 9.78 Å². The average Bonchev–Trinajstić information content (AvgIpc) is 3.23. The lowest BCUT2D eigenvalue weighted by Crippen LogP contribution is -2.23. The Morgan fingerprint density at radius 1 is 1.11 bits per heavy atom. The molecule has 0 spiro atoms. The number of hydrogen-bond acceptors (Lipinski definition) is 4. The van der Waals surface area contributed by atoms with Crippen molar-refractivity contribution in [3.8, 4) is 0 Å². The maximum atomic E-state index is 12.4. The van der Waals surface area contributed by atoms with Gasteiger partial charge in [0, 0.05) is 18.8 Å². The summed E-state index contributed by atoms with van der Waals surface area (Å²) in [6.45, 7) is 5.09. The van der Waals surface area contributed by atoms with Gasteiger partial charge in [-0.2, -0.15) is 0 Å². The molecule has 0 saturated carbocycles. The number of hydrogen-bond donors (Lipinski definition) is 2. The van der Waals surface area contributed by atoms with E-state index in [-0.39, 0.29) is 17.3 Å². The van der Waals surface area contributed by atoms with E-state index in [1.807, 2.05) is 56.3 Å². The number of fused-ring (bicyclic) bond motifs is 2. The number of imidazole rings is 2. The van der Waals surface area contributed by atoms with Crippen LogP contribution in [0.4, 0.5) is 5.69 Å². The Morgan fingerprint density at radius 2 is 1.86 bits per heavy atom. The molecule has 8 heteroatoms. The van der Waals surface area contributed by atoms with E-state index in [0.717, 1.165) is 22.1 Å². The number of aromatic nitrogens is 4. The molecule has 0 unspecified atom stereocenters. The van der Waals surface area contributed by atoms with Gasteiger partial charge in [0.25, 0.3) is 0 Å². The van der Waals surface area contributed by atoms with Gasteiger partial charge in [-0.05, 0) is 44.2 Å². The summed E-state index contributed by atoms with van der Waals surface area (Å²) in [4.78, 5) is 32.5. The number of aryl methyl sites for hydroxylation is 2. The Morgan fingerprint density at radius 3 is 2.61 bits per heavy atom. The second kappa shape index (κ2) is 7.55. The SMILES string of the molecule is CCn1c(=O)n(CC)c2cc(NC(=O)CSc3nc4ccccc4[nH]3)ccc21. The smallest absolute Gasteiger partial charge is 0.329 e. The molecule has 0 bridgehead atoms. The first-order valence-corrected chi connectivity index (χ1v) is 10.2. The summed E-state index contributed by atoms with van der Waals surface area (Å²) in [5.74, 6) is 0.124. The van der Waals surface area contributed by atoms with Crippen LogP contribution in [-0.2, 0) is 17.9 Å². The molecule has 2 aromatic heterocycles. The van der Waals surface area contributed by atoms with Crippen molar-refractivity contribution in [1.82, 2.24) is 19.1 Å². The molecule has 7 nitrogen and oxygen atoms in total. The summed E-state index contributed by atoms with van der Waals surface area (Å²) < 4.78 is 3.46. The summed E-state index contributed by atoms with van der Waals surface area (Å²) in [7, 11) is 0. The van der Waals surface area contributed by atoms with Crippen LogP contribution in [0.3, 0.4) is 0 Å². The van der Waals surface area contributed by atoms with Crippen LogP contribution in [0.15, 0.2) is 52.4 Å². The molecule has 1 amide bonds. The van der Waals surface area contributed by atoms with E-state index in [1.54, 1.807) is 9.13 Å². The molecular weight excluding hydrogens is 374 g/mol. The van der Waals surface area contributed by atoms with Gasteiger partial charge in [-0.3, -0.25) is 13.9 Å². The fourth-order valence-electron chi connectivity index (χ4n) is 3.34. The van der Waals surface area contributed by atoms with Gasteiger partial charge < -0.3 is 10.3 Å². The molecule has 144 valence electrons. The summed E-state index contributed by atoms with van der Waals surface area (Å²) in [6.07, 6.45) is 0. The highest BCUT2D eigenvalue weighted by molar-refractivity contribution is 7.99. The number of rotatable bonds is 6. The van der Waals surface area contributed by atoms with E-state index < -0.39 is 0 Å². The molecule has 4 rings (SSSR count). The first-order chi connectivity index (χ1) is 13.6. The fourth-order valence-corrected chi connectivity index (χ4v) is 4.02. The second-order valence-electron chi connectivity index (χ2n) is 6.37. The Bertz CT molecular complexity index is 1190. The van der Waals surface area contributed by atoms with Crippen molar-refractivity contribution in [2.75, 3.05) is 11.1 Å². The van der Waals surface area contributed by atoms with Gasteiger partial charge in [-0.1, -0.05) is 23.9 Å². The molecule has 0 saturated heterocycles. The van der Waals surface area contributed by atoms with Gasteiger partial charge in [0.05, 0.1) is 27.8 Å². The Kier molecular flexibility index (Phi) is 4.95. The highest BCUT2D eigenvalue weighted by Gasteiger charge is 2.13. The van der Waals surface area contributed by atoms with E-state index in [0.29, 0.717) is 23.9 Å². The normalized spacial score (nSPS) is 11.4. The highest BCUT2D eigenvalue weighted by atomic mass is 32.2. The predicted octanol–water partition coefficient (Wildman–Crippen LogP) is 3.45. The minimum absolute atomic E-state index is 0.0242. The predicted molar refractivity (Wildman–Crippen MR) is 113 cm³/mol. The minimum Gasteiger partial charge on any atom is -0.333 e. The number of aromatic amines is 1. The van der Waals surface area contributed by atoms with E-state index in [2.05, 4.69) is 15.3 Å². The molecule has 0 aliphatic rings. The van der Waals surface area contributed by atoms with E-state index in [4.69, 9.17) is 0 Å². The molecule has 0 fully saturated rings. The van der Waals surface area contributed by atoms with Crippen LogP contribution in [0.25, 0.3) is 22.1 Å². The van der Waals surface area contributed by atoms with Crippen molar-refractivity contribution in [3.05, 3.63) is 52.9 Å². The van der Waals surface area contributed by atoms with E-state index >= 15 is 0 Å². The Labute approximate surface area is 165 Å². The molecule has 2 N–H and O–H groups in total. The summed E-state index contributed by atoms with van der Waals surface area (Å²) in [5.41, 5.74) is 4.20. The number of nitrogens with zero attached hydrogens (tertiary/aromatic N) is 3. The third-order valence-corrected chi connectivity index (χ3v) is 5.52. The molecule has 4 aromatic rings. The first kappa shape index (κ1) is 18.4. The van der Waals surface area contributed by atoms with Crippen LogP contribution < -0.4 is 11.0 Å². The maximum absolute atomic E-state index is 12.4. The second-order valence-corrected chi connectivity index (χ2v) is 7.33. The number of carbonyl (C=O) groups excluding carboxylic acids is 1. The lowest BCUT2D eigenvalue weighted by Gasteiger charge is -2.06. The third-order valence-electron chi connectivity index (χ3n) is 4.64. The van der Waals surface area contributed by atoms with Crippen molar-refractivity contribution in [1.29, 1.82) is 0 Å². The molecule has 0 aliphatic carbocycles. The number of thioether (sulfide) groups is 1. The molecule has 0 atom stereocenters. The fraction of sp³-hybridized carbons (Fsp3) is 0.250. The number of para-hydroxylation sites is 2. The molecule has 2 aromatic carbocycles. The van der Waals surface area contributed by atoms with Gasteiger partial charge in [0.1, 0.15) is 0 Å². The molecule has 2 heterocycles. The zero-order chi connectivity index (χ0) is 19.7. The van der Waals surface area contributed by atoms with E-state index in [9.17, 15) is 9.59 Å². The van der Waals surface area contributed by atoms with Crippen LogP contribution in [0, 0.1) is 0 Å². The van der Waals surface area contributed by atoms with Crippen LogP contribution in [-0.4, -0.2) is 30.8 Å². The van der Waals surface area contributed by atoms with Crippen molar-refractivity contribution in [3.63, 3.8) is 0 Å². The average molecular weight is 395 g/mol. The largest absolute Gasteiger partial charge is 0.333 e. The van der Waals surface area contributed by atoms with E-state index in [1.165, 1.54) is 11.8 Å². The van der Waals surface area contributed by atoms with Crippen molar-refractivity contribution < 1.29 is 4.79 Å². The summed E-state index contributed by atoms with van der Waals surface area (Å²) in [6, 6.07) is 13.3. The zero-order valence-electron chi connectivity index (χ0n) is 15.7. The molecule has 0 radical (unpaired) electrons. The van der Waals surface area contributed by atoms with Crippen LogP contribution in [0.1, 0.15) is 13.8 Å². The van der Waals surface area contributed by atoms with Gasteiger partial charge in [0.15, 0.2) is 5.16 Å². The number of benzene rings is 2. The van der Waals surface area contributed by atoms with Crippen molar-refractivity contribution in [2.24, 2.45) is 0 Å². The molecular formula is C20H21N5O2S. The van der Waals surface area contributed by atoms with Crippen molar-refractivity contribution >= 4 is 45.4 Å². The summed E-state index contributed by atoms with van der Waals surface area (Å²) >= 11 is 1.36. The topological polar surface area (TPSA) is 84.7 Å². The van der Waals surface area contributed by atoms with Crippen LogP contribution >= 0.6 is 11.8 Å². The standard InChI is InChI=1S/C20H21N5O2S/c1-3-24-16-10-9-13(11-17(16)25(4-2)20(24)27)21-18(26)12-28-19-22-14-7-5-6-8-15(14)23-19/h5-11H,3-4,12H2,1-2H3,(H,21,26)(H,22,23). The number of anilines is 1. The molecule has 0 aliphatic heterocycles. The lowest BCUT2D eigenvalue weighted by molar-refractivity contribution is -0.113. The molecule has 28 heavy (non-hydrogen) atoms. The Hall–Kier alpha value is -3.00. The first-order valence-electron chi connectivity index (χ1n) is 9.21. The lowest BCUT2D eigenvalue weighted by atomic mass is 10.2. The number of carbonyl (C=O) groups is 1. The number of nitrogens with one attached hydrogen (secondary N) is 2. The maximum Gasteiger partial charge on any atom is 0.329 e. The van der Waals surface area contributed by atoms with Gasteiger partial charge >= 0.3 is 5.69 Å². The van der Waals surface area contributed by atoms with Crippen LogP contribution in [0.2, 0.25) is 0 Å².